The number of aliphatic hydroxyl groups excluding tert-OH is 1. The quantitative estimate of drug-likeness (QED) is 0.844. The monoisotopic (exact) mass is 291 g/mol. The molecule has 1 aromatic carbocycles. The number of nitrogens with two attached hydrogens (primary N) is 1. The molecular weight excluding hydrogens is 271 g/mol. The van der Waals surface area contributed by atoms with Gasteiger partial charge in [-0.15, -0.1) is 13.2 Å². The van der Waals surface area contributed by atoms with Gasteiger partial charge < -0.3 is 15.6 Å². The molecule has 20 heavy (non-hydrogen) atoms. The zero-order chi connectivity index (χ0) is 15.3. The van der Waals surface area contributed by atoms with E-state index in [9.17, 15) is 18.3 Å². The van der Waals surface area contributed by atoms with E-state index in [2.05, 4.69) is 4.74 Å². The van der Waals surface area contributed by atoms with Gasteiger partial charge in [0.05, 0.1) is 12.1 Å². The Balaban J connectivity index is 2.63. The second-order valence-electron chi connectivity index (χ2n) is 5.18. The van der Waals surface area contributed by atoms with Gasteiger partial charge in [0.1, 0.15) is 5.75 Å². The van der Waals surface area contributed by atoms with Gasteiger partial charge in [0.15, 0.2) is 0 Å². The lowest BCUT2D eigenvalue weighted by atomic mass is 9.96. The van der Waals surface area contributed by atoms with Crippen LogP contribution in [0.5, 0.6) is 5.75 Å². The molecule has 0 aromatic heterocycles. The van der Waals surface area contributed by atoms with Crippen LogP contribution in [0.15, 0.2) is 24.3 Å². The van der Waals surface area contributed by atoms with Crippen LogP contribution in [0.1, 0.15) is 38.3 Å². The third kappa shape index (κ3) is 5.79. The first kappa shape index (κ1) is 16.8. The van der Waals surface area contributed by atoms with Gasteiger partial charge in [0, 0.05) is 0 Å². The van der Waals surface area contributed by atoms with Crippen molar-refractivity contribution in [3.05, 3.63) is 29.8 Å². The second-order valence-corrected chi connectivity index (χ2v) is 5.18. The Morgan fingerprint density at radius 2 is 1.70 bits per heavy atom. The summed E-state index contributed by atoms with van der Waals surface area (Å²) in [5.74, 6) is 0.157. The molecule has 2 atom stereocenters. The second kappa shape index (κ2) is 6.95. The number of rotatable bonds is 6. The summed E-state index contributed by atoms with van der Waals surface area (Å²) in [6.07, 6.45) is -4.03. The Morgan fingerprint density at radius 3 is 2.15 bits per heavy atom. The number of ether oxygens (including phenoxy) is 1. The summed E-state index contributed by atoms with van der Waals surface area (Å²) < 4.78 is 39.8. The molecule has 3 nitrogen and oxygen atoms in total. The molecule has 0 fully saturated rings. The average Bonchev–Trinajstić information content (AvgIpc) is 2.34. The molecule has 1 aromatic rings. The van der Waals surface area contributed by atoms with Crippen LogP contribution in [0.4, 0.5) is 13.2 Å². The van der Waals surface area contributed by atoms with E-state index in [0.717, 1.165) is 6.42 Å². The smallest absolute Gasteiger partial charge is 0.406 e. The van der Waals surface area contributed by atoms with Crippen molar-refractivity contribution in [2.24, 2.45) is 11.7 Å². The lowest BCUT2D eigenvalue weighted by molar-refractivity contribution is -0.274. The van der Waals surface area contributed by atoms with Crippen molar-refractivity contribution < 1.29 is 23.0 Å². The van der Waals surface area contributed by atoms with E-state index >= 15 is 0 Å². The minimum absolute atomic E-state index is 0.301. The van der Waals surface area contributed by atoms with Crippen molar-refractivity contribution in [1.29, 1.82) is 0 Å². The lowest BCUT2D eigenvalue weighted by Gasteiger charge is -2.20. The van der Waals surface area contributed by atoms with Gasteiger partial charge in [-0.3, -0.25) is 0 Å². The predicted molar refractivity (Wildman–Crippen MR) is 70.1 cm³/mol. The molecule has 0 bridgehead atoms. The van der Waals surface area contributed by atoms with Gasteiger partial charge in [-0.25, -0.2) is 0 Å². The first-order chi connectivity index (χ1) is 9.19. The molecule has 0 aliphatic rings. The van der Waals surface area contributed by atoms with Crippen molar-refractivity contribution in [1.82, 2.24) is 0 Å². The first-order valence-electron chi connectivity index (χ1n) is 6.48. The lowest BCUT2D eigenvalue weighted by Crippen LogP contribution is -2.26. The van der Waals surface area contributed by atoms with E-state index in [1.807, 2.05) is 13.8 Å². The van der Waals surface area contributed by atoms with Crippen LogP contribution in [0.2, 0.25) is 0 Å². The summed E-state index contributed by atoms with van der Waals surface area (Å²) >= 11 is 0. The molecule has 0 unspecified atom stereocenters. The molecule has 3 N–H and O–H groups in total. The van der Waals surface area contributed by atoms with E-state index in [-0.39, 0.29) is 5.75 Å². The molecule has 0 saturated heterocycles. The van der Waals surface area contributed by atoms with Gasteiger partial charge in [0.25, 0.3) is 0 Å². The maximum atomic E-state index is 12.0. The van der Waals surface area contributed by atoms with Crippen molar-refractivity contribution in [2.75, 3.05) is 0 Å². The summed E-state index contributed by atoms with van der Waals surface area (Å²) in [5, 5.41) is 9.94. The van der Waals surface area contributed by atoms with Crippen LogP contribution in [-0.4, -0.2) is 17.6 Å². The molecule has 0 amide bonds. The molecule has 0 saturated carbocycles. The van der Waals surface area contributed by atoms with Crippen molar-refractivity contribution in [2.45, 2.75) is 45.2 Å². The summed E-state index contributed by atoms with van der Waals surface area (Å²) in [7, 11) is 0. The maximum Gasteiger partial charge on any atom is 0.573 e. The van der Waals surface area contributed by atoms with Gasteiger partial charge in [-0.2, -0.15) is 0 Å². The van der Waals surface area contributed by atoms with E-state index in [4.69, 9.17) is 5.73 Å². The van der Waals surface area contributed by atoms with Crippen molar-refractivity contribution in [3.63, 3.8) is 0 Å². The normalized spacial score (nSPS) is 15.2. The topological polar surface area (TPSA) is 55.5 Å². The van der Waals surface area contributed by atoms with E-state index in [1.165, 1.54) is 24.3 Å². The fourth-order valence-electron chi connectivity index (χ4n) is 1.80. The highest BCUT2D eigenvalue weighted by atomic mass is 19.4. The van der Waals surface area contributed by atoms with Crippen molar-refractivity contribution >= 4 is 0 Å². The summed E-state index contributed by atoms with van der Waals surface area (Å²) in [4.78, 5) is 0. The molecule has 114 valence electrons. The van der Waals surface area contributed by atoms with Crippen LogP contribution in [0, 0.1) is 5.92 Å². The van der Waals surface area contributed by atoms with Gasteiger partial charge in [0.2, 0.25) is 0 Å². The molecule has 0 aliphatic carbocycles. The van der Waals surface area contributed by atoms with Crippen LogP contribution in [-0.2, 0) is 0 Å². The Hall–Kier alpha value is -1.27. The number of hydrogen-bond donors (Lipinski definition) is 2. The highest BCUT2D eigenvalue weighted by Gasteiger charge is 2.31. The molecule has 0 aliphatic heterocycles. The molecule has 6 heteroatoms. The molecular formula is C14H20F3NO2. The standard InChI is InChI=1S/C14H20F3NO2/c1-9(2)3-8-12(19)13(18)10-4-6-11(7-5-10)20-14(15,16)17/h4-7,9,12-13,19H,3,8,18H2,1-2H3/t12-,13+/m1/s1. The Labute approximate surface area is 116 Å². The third-order valence-corrected chi connectivity index (χ3v) is 2.95. The zero-order valence-electron chi connectivity index (χ0n) is 11.5. The number of benzene rings is 1. The van der Waals surface area contributed by atoms with Crippen LogP contribution in [0.25, 0.3) is 0 Å². The highest BCUT2D eigenvalue weighted by Crippen LogP contribution is 2.25. The van der Waals surface area contributed by atoms with Crippen molar-refractivity contribution in [3.8, 4) is 5.75 Å². The predicted octanol–water partition coefficient (Wildman–Crippen LogP) is 3.38. The minimum atomic E-state index is -4.71. The van der Waals surface area contributed by atoms with Gasteiger partial charge in [-0.1, -0.05) is 26.0 Å². The number of alkyl halides is 3. The van der Waals surface area contributed by atoms with E-state index in [0.29, 0.717) is 17.9 Å². The van der Waals surface area contributed by atoms with E-state index < -0.39 is 18.5 Å². The summed E-state index contributed by atoms with van der Waals surface area (Å²) in [5.41, 5.74) is 6.47. The third-order valence-electron chi connectivity index (χ3n) is 2.95. The van der Waals surface area contributed by atoms with Gasteiger partial charge in [-0.05, 0) is 36.5 Å². The number of aliphatic hydroxyl groups is 1. The fourth-order valence-corrected chi connectivity index (χ4v) is 1.80. The first-order valence-corrected chi connectivity index (χ1v) is 6.48. The van der Waals surface area contributed by atoms with E-state index in [1.54, 1.807) is 0 Å². The maximum absolute atomic E-state index is 12.0. The minimum Gasteiger partial charge on any atom is -0.406 e. The van der Waals surface area contributed by atoms with Gasteiger partial charge >= 0.3 is 6.36 Å². The SMILES string of the molecule is CC(C)CC[C@@H](O)[C@@H](N)c1ccc(OC(F)(F)F)cc1. The van der Waals surface area contributed by atoms with Crippen LogP contribution >= 0.6 is 0 Å². The molecule has 0 spiro atoms. The molecule has 1 rings (SSSR count). The zero-order valence-corrected chi connectivity index (χ0v) is 11.5. The molecule has 0 radical (unpaired) electrons. The summed E-state index contributed by atoms with van der Waals surface area (Å²) in [6, 6.07) is 4.64. The summed E-state index contributed by atoms with van der Waals surface area (Å²) in [6.45, 7) is 4.09. The number of hydrogen-bond acceptors (Lipinski definition) is 3. The average molecular weight is 291 g/mol. The highest BCUT2D eigenvalue weighted by molar-refractivity contribution is 5.29. The Bertz CT molecular complexity index is 404. The fraction of sp³-hybridized carbons (Fsp3) is 0.571. The Morgan fingerprint density at radius 1 is 1.15 bits per heavy atom. The molecule has 0 heterocycles. The number of halogens is 3. The Kier molecular flexibility index (Phi) is 5.83. The largest absolute Gasteiger partial charge is 0.573 e. The van der Waals surface area contributed by atoms with Crippen LogP contribution in [0.3, 0.4) is 0 Å². The van der Waals surface area contributed by atoms with Crippen LogP contribution < -0.4 is 10.5 Å².